The lowest BCUT2D eigenvalue weighted by molar-refractivity contribution is -0.137. The predicted molar refractivity (Wildman–Crippen MR) is 82.0 cm³/mol. The molecule has 0 aliphatic carbocycles. The molecule has 1 aromatic carbocycles. The van der Waals surface area contributed by atoms with E-state index in [9.17, 15) is 18.0 Å². The average molecular weight is 342 g/mol. The predicted octanol–water partition coefficient (Wildman–Crippen LogP) is 3.12. The number of nitrogens with one attached hydrogen (secondary N) is 1. The highest BCUT2D eigenvalue weighted by Gasteiger charge is 2.29. The number of nitrogens with two attached hydrogens (primary N) is 1. The fraction of sp³-hybridized carbons (Fsp3) is 0.214. The number of hydrogen-bond donors (Lipinski definition) is 2. The minimum absolute atomic E-state index is 0.0178. The maximum atomic E-state index is 12.4. The number of amides is 1. The third kappa shape index (κ3) is 5.13. The van der Waals surface area contributed by atoms with Crippen LogP contribution in [0.15, 0.2) is 35.5 Å². The van der Waals surface area contributed by atoms with Gasteiger partial charge in [-0.1, -0.05) is 11.8 Å². The molecule has 0 radical (unpaired) electrons. The third-order valence-electron chi connectivity index (χ3n) is 2.68. The zero-order valence-electron chi connectivity index (χ0n) is 12.0. The Morgan fingerprint density at radius 2 is 1.91 bits per heavy atom. The smallest absolute Gasteiger partial charge is 0.384 e. The fourth-order valence-corrected chi connectivity index (χ4v) is 2.41. The number of nitrogen functional groups attached to an aromatic ring is 1. The lowest BCUT2D eigenvalue weighted by atomic mass is 10.2. The second-order valence-electron chi connectivity index (χ2n) is 4.63. The van der Waals surface area contributed by atoms with Gasteiger partial charge in [0.25, 0.3) is 0 Å². The van der Waals surface area contributed by atoms with Gasteiger partial charge in [-0.3, -0.25) is 4.79 Å². The van der Waals surface area contributed by atoms with Gasteiger partial charge in [0.1, 0.15) is 5.82 Å². The van der Waals surface area contributed by atoms with Crippen LogP contribution in [0.3, 0.4) is 0 Å². The van der Waals surface area contributed by atoms with Crippen LogP contribution in [-0.2, 0) is 11.0 Å². The van der Waals surface area contributed by atoms with Gasteiger partial charge in [-0.25, -0.2) is 9.97 Å². The van der Waals surface area contributed by atoms with Gasteiger partial charge in [-0.05, 0) is 31.2 Å². The number of benzene rings is 1. The normalized spacial score (nSPS) is 11.3. The summed E-state index contributed by atoms with van der Waals surface area (Å²) >= 11 is 1.09. The van der Waals surface area contributed by atoms with E-state index < -0.39 is 11.7 Å². The first-order valence-corrected chi connectivity index (χ1v) is 7.43. The number of hydrogen-bond acceptors (Lipinski definition) is 5. The van der Waals surface area contributed by atoms with Crippen LogP contribution < -0.4 is 11.1 Å². The van der Waals surface area contributed by atoms with Crippen LogP contribution in [0.25, 0.3) is 0 Å². The first-order valence-electron chi connectivity index (χ1n) is 6.45. The van der Waals surface area contributed by atoms with Crippen molar-refractivity contribution in [2.45, 2.75) is 18.3 Å². The number of anilines is 2. The zero-order chi connectivity index (χ0) is 17.0. The SMILES string of the molecule is Cc1cc(N)nc(SCC(=O)Nc2ccc(C(F)(F)F)cc2)n1. The van der Waals surface area contributed by atoms with E-state index >= 15 is 0 Å². The average Bonchev–Trinajstić information content (AvgIpc) is 2.44. The molecule has 0 saturated carbocycles. The Hall–Kier alpha value is -2.29. The van der Waals surface area contributed by atoms with Gasteiger partial charge in [0, 0.05) is 17.4 Å². The van der Waals surface area contributed by atoms with Crippen LogP contribution in [0, 0.1) is 6.92 Å². The van der Waals surface area contributed by atoms with E-state index in [2.05, 4.69) is 15.3 Å². The van der Waals surface area contributed by atoms with Crippen molar-refractivity contribution >= 4 is 29.2 Å². The standard InChI is InChI=1S/C14H13F3N4OS/c1-8-6-11(18)21-13(19-8)23-7-12(22)20-10-4-2-9(3-5-10)14(15,16)17/h2-6H,7H2,1H3,(H,20,22)(H2,18,19,21). The molecular weight excluding hydrogens is 329 g/mol. The Labute approximate surface area is 134 Å². The molecule has 0 unspecified atom stereocenters. The van der Waals surface area contributed by atoms with E-state index in [4.69, 9.17) is 5.73 Å². The monoisotopic (exact) mass is 342 g/mol. The van der Waals surface area contributed by atoms with Crippen LogP contribution in [0.2, 0.25) is 0 Å². The summed E-state index contributed by atoms with van der Waals surface area (Å²) in [7, 11) is 0. The Morgan fingerprint density at radius 3 is 2.48 bits per heavy atom. The molecule has 0 fully saturated rings. The van der Waals surface area contributed by atoms with E-state index in [1.54, 1.807) is 13.0 Å². The number of nitrogens with zero attached hydrogens (tertiary/aromatic N) is 2. The molecule has 23 heavy (non-hydrogen) atoms. The number of halogens is 3. The minimum atomic E-state index is -4.40. The van der Waals surface area contributed by atoms with Crippen LogP contribution in [-0.4, -0.2) is 21.6 Å². The number of carbonyl (C=O) groups is 1. The van der Waals surface area contributed by atoms with E-state index in [1.807, 2.05) is 0 Å². The van der Waals surface area contributed by atoms with E-state index in [0.717, 1.165) is 23.9 Å². The Bertz CT molecular complexity index is 684. The summed E-state index contributed by atoms with van der Waals surface area (Å²) in [6.45, 7) is 1.75. The first kappa shape index (κ1) is 17.1. The van der Waals surface area contributed by atoms with Crippen molar-refractivity contribution in [3.63, 3.8) is 0 Å². The summed E-state index contributed by atoms with van der Waals surface area (Å²) in [5.74, 6) is -0.0502. The van der Waals surface area contributed by atoms with Crippen LogP contribution in [0.5, 0.6) is 0 Å². The van der Waals surface area contributed by atoms with Crippen LogP contribution in [0.4, 0.5) is 24.7 Å². The number of aromatic nitrogens is 2. The summed E-state index contributed by atoms with van der Waals surface area (Å²) in [5.41, 5.74) is 5.78. The van der Waals surface area contributed by atoms with Gasteiger partial charge >= 0.3 is 6.18 Å². The number of rotatable bonds is 4. The Kier molecular flexibility index (Phi) is 5.09. The van der Waals surface area contributed by atoms with Gasteiger partial charge in [-0.15, -0.1) is 0 Å². The van der Waals surface area contributed by atoms with Crippen molar-refractivity contribution in [3.8, 4) is 0 Å². The summed E-state index contributed by atoms with van der Waals surface area (Å²) in [6, 6.07) is 5.83. The Balaban J connectivity index is 1.92. The summed E-state index contributed by atoms with van der Waals surface area (Å²) in [5, 5.41) is 2.87. The third-order valence-corrected chi connectivity index (χ3v) is 3.53. The van der Waals surface area contributed by atoms with Crippen LogP contribution in [0.1, 0.15) is 11.3 Å². The first-order chi connectivity index (χ1) is 10.7. The molecule has 2 rings (SSSR count). The molecule has 1 aromatic heterocycles. The lowest BCUT2D eigenvalue weighted by Gasteiger charge is -2.08. The maximum absolute atomic E-state index is 12.4. The van der Waals surface area contributed by atoms with Crippen molar-refractivity contribution in [2.75, 3.05) is 16.8 Å². The summed E-state index contributed by atoms with van der Waals surface area (Å²) in [4.78, 5) is 19.9. The van der Waals surface area contributed by atoms with Crippen molar-refractivity contribution in [1.82, 2.24) is 9.97 Å². The van der Waals surface area contributed by atoms with Gasteiger partial charge in [0.2, 0.25) is 5.91 Å². The molecule has 122 valence electrons. The molecule has 2 aromatic rings. The van der Waals surface area contributed by atoms with Gasteiger partial charge < -0.3 is 11.1 Å². The second-order valence-corrected chi connectivity index (χ2v) is 5.57. The molecule has 0 bridgehead atoms. The molecule has 0 atom stereocenters. The highest BCUT2D eigenvalue weighted by atomic mass is 32.2. The number of carbonyl (C=O) groups excluding carboxylic acids is 1. The molecule has 0 aliphatic rings. The summed E-state index contributed by atoms with van der Waals surface area (Å²) < 4.78 is 37.3. The largest absolute Gasteiger partial charge is 0.416 e. The number of alkyl halides is 3. The number of aryl methyl sites for hydroxylation is 1. The zero-order valence-corrected chi connectivity index (χ0v) is 12.8. The molecule has 5 nitrogen and oxygen atoms in total. The van der Waals surface area contributed by atoms with Crippen molar-refractivity contribution in [3.05, 3.63) is 41.6 Å². The maximum Gasteiger partial charge on any atom is 0.416 e. The van der Waals surface area contributed by atoms with Gasteiger partial charge in [0.15, 0.2) is 5.16 Å². The molecule has 1 amide bonds. The molecule has 9 heteroatoms. The molecule has 1 heterocycles. The van der Waals surface area contributed by atoms with E-state index in [0.29, 0.717) is 16.7 Å². The second kappa shape index (κ2) is 6.86. The summed E-state index contributed by atoms with van der Waals surface area (Å²) in [6.07, 6.45) is -4.40. The van der Waals surface area contributed by atoms with E-state index in [1.165, 1.54) is 12.1 Å². The molecule has 0 saturated heterocycles. The highest BCUT2D eigenvalue weighted by molar-refractivity contribution is 7.99. The van der Waals surface area contributed by atoms with Gasteiger partial charge in [0.05, 0.1) is 11.3 Å². The minimum Gasteiger partial charge on any atom is -0.384 e. The molecule has 0 aliphatic heterocycles. The lowest BCUT2D eigenvalue weighted by Crippen LogP contribution is -2.14. The highest BCUT2D eigenvalue weighted by Crippen LogP contribution is 2.29. The topological polar surface area (TPSA) is 80.9 Å². The number of thioether (sulfide) groups is 1. The van der Waals surface area contributed by atoms with Crippen molar-refractivity contribution in [2.24, 2.45) is 0 Å². The van der Waals surface area contributed by atoms with Crippen LogP contribution >= 0.6 is 11.8 Å². The van der Waals surface area contributed by atoms with E-state index in [-0.39, 0.29) is 17.3 Å². The quantitative estimate of drug-likeness (QED) is 0.659. The fourth-order valence-electron chi connectivity index (χ4n) is 1.70. The molecule has 3 N–H and O–H groups in total. The Morgan fingerprint density at radius 1 is 1.26 bits per heavy atom. The van der Waals surface area contributed by atoms with Crippen molar-refractivity contribution in [1.29, 1.82) is 0 Å². The van der Waals surface area contributed by atoms with Gasteiger partial charge in [-0.2, -0.15) is 13.2 Å². The molecule has 0 spiro atoms. The van der Waals surface area contributed by atoms with Crippen molar-refractivity contribution < 1.29 is 18.0 Å². The molecular formula is C14H13F3N4OS.